The number of rotatable bonds is 3. The molecule has 3 rings (SSSR count). The van der Waals surface area contributed by atoms with Crippen LogP contribution in [-0.4, -0.2) is 25.9 Å². The number of amides is 1. The topological polar surface area (TPSA) is 75.6 Å². The van der Waals surface area contributed by atoms with Crippen LogP contribution in [0.3, 0.4) is 0 Å². The molecular formula is C12H10BrN5OS. The summed E-state index contributed by atoms with van der Waals surface area (Å²) in [5.74, 6) is 0.211. The fraction of sp³-hybridized carbons (Fsp3) is 0.0833. The van der Waals surface area contributed by atoms with Crippen molar-refractivity contribution in [1.29, 1.82) is 0 Å². The quantitative estimate of drug-likeness (QED) is 0.761. The smallest absolute Gasteiger partial charge is 0.277 e. The Morgan fingerprint density at radius 3 is 2.95 bits per heavy atom. The molecule has 0 aliphatic carbocycles. The maximum Gasteiger partial charge on any atom is 0.277 e. The summed E-state index contributed by atoms with van der Waals surface area (Å²) in [6.07, 6.45) is 1.76. The van der Waals surface area contributed by atoms with Crippen LogP contribution in [0.4, 0.5) is 5.82 Å². The number of nitrogens with zero attached hydrogens (tertiary/aromatic N) is 3. The third-order valence-electron chi connectivity index (χ3n) is 2.60. The van der Waals surface area contributed by atoms with Gasteiger partial charge in [-0.1, -0.05) is 0 Å². The molecule has 3 heterocycles. The standard InChI is InChI=1S/C12H10BrN5OS/c1-18-5-4-11(17-18)14-12(19)8-6-7(15-16-8)9-2-3-10(13)20-9/h2-6H,1H3,(H,15,16)(H,14,17,19). The van der Waals surface area contributed by atoms with Gasteiger partial charge in [0.15, 0.2) is 11.5 Å². The van der Waals surface area contributed by atoms with Gasteiger partial charge < -0.3 is 5.32 Å². The van der Waals surface area contributed by atoms with E-state index in [4.69, 9.17) is 0 Å². The lowest BCUT2D eigenvalue weighted by atomic mass is 10.3. The minimum absolute atomic E-state index is 0.290. The second-order valence-corrected chi connectivity index (χ2v) is 6.56. The first-order chi connectivity index (χ1) is 9.61. The van der Waals surface area contributed by atoms with Crippen molar-refractivity contribution in [2.75, 3.05) is 5.32 Å². The minimum atomic E-state index is -0.290. The van der Waals surface area contributed by atoms with Crippen molar-refractivity contribution >= 4 is 39.0 Å². The maximum atomic E-state index is 12.0. The first kappa shape index (κ1) is 13.1. The third-order valence-corrected chi connectivity index (χ3v) is 4.26. The summed E-state index contributed by atoms with van der Waals surface area (Å²) >= 11 is 4.98. The predicted octanol–water partition coefficient (Wildman–Crippen LogP) is 2.89. The number of H-pyrrole nitrogens is 1. The van der Waals surface area contributed by atoms with Crippen molar-refractivity contribution in [3.63, 3.8) is 0 Å². The second kappa shape index (κ2) is 5.22. The number of hydrogen-bond donors (Lipinski definition) is 2. The summed E-state index contributed by atoms with van der Waals surface area (Å²) in [6.45, 7) is 0. The molecule has 0 bridgehead atoms. The van der Waals surface area contributed by atoms with Gasteiger partial charge in [0.1, 0.15) is 0 Å². The highest BCUT2D eigenvalue weighted by Gasteiger charge is 2.13. The maximum absolute atomic E-state index is 12.0. The molecule has 0 radical (unpaired) electrons. The zero-order chi connectivity index (χ0) is 14.1. The molecule has 0 unspecified atom stereocenters. The normalized spacial score (nSPS) is 10.7. The number of anilines is 1. The Bertz CT molecular complexity index is 759. The van der Waals surface area contributed by atoms with Crippen molar-refractivity contribution < 1.29 is 4.79 Å². The Hall–Kier alpha value is -1.93. The van der Waals surface area contributed by atoms with E-state index in [1.165, 1.54) is 0 Å². The molecule has 1 amide bonds. The van der Waals surface area contributed by atoms with Gasteiger partial charge in [-0.3, -0.25) is 14.6 Å². The minimum Gasteiger partial charge on any atom is -0.304 e. The molecular weight excluding hydrogens is 342 g/mol. The first-order valence-electron chi connectivity index (χ1n) is 5.74. The summed E-state index contributed by atoms with van der Waals surface area (Å²) in [6, 6.07) is 7.36. The molecule has 6 nitrogen and oxygen atoms in total. The molecule has 3 aromatic rings. The SMILES string of the molecule is Cn1ccc(NC(=O)c2cc(-c3ccc(Br)s3)[nH]n2)n1. The van der Waals surface area contributed by atoms with Gasteiger partial charge in [0.05, 0.1) is 14.4 Å². The highest BCUT2D eigenvalue weighted by molar-refractivity contribution is 9.11. The van der Waals surface area contributed by atoms with Crippen molar-refractivity contribution in [1.82, 2.24) is 20.0 Å². The number of aryl methyl sites for hydroxylation is 1. The zero-order valence-electron chi connectivity index (χ0n) is 10.4. The van der Waals surface area contributed by atoms with Crippen LogP contribution in [-0.2, 0) is 7.05 Å². The molecule has 102 valence electrons. The van der Waals surface area contributed by atoms with Crippen molar-refractivity contribution in [3.05, 3.63) is 39.9 Å². The van der Waals surface area contributed by atoms with Crippen LogP contribution >= 0.6 is 27.3 Å². The van der Waals surface area contributed by atoms with Gasteiger partial charge in [0.25, 0.3) is 5.91 Å². The lowest BCUT2D eigenvalue weighted by molar-refractivity contribution is 0.102. The average molecular weight is 352 g/mol. The van der Waals surface area contributed by atoms with Crippen LogP contribution in [0.2, 0.25) is 0 Å². The van der Waals surface area contributed by atoms with Crippen LogP contribution < -0.4 is 5.32 Å². The fourth-order valence-corrected chi connectivity index (χ4v) is 3.04. The molecule has 0 saturated heterocycles. The van der Waals surface area contributed by atoms with Gasteiger partial charge in [-0.15, -0.1) is 11.3 Å². The highest BCUT2D eigenvalue weighted by atomic mass is 79.9. The first-order valence-corrected chi connectivity index (χ1v) is 7.35. The molecule has 3 aromatic heterocycles. The lowest BCUT2D eigenvalue weighted by Crippen LogP contribution is -2.12. The molecule has 2 N–H and O–H groups in total. The summed E-state index contributed by atoms with van der Waals surface area (Å²) in [5.41, 5.74) is 1.14. The molecule has 20 heavy (non-hydrogen) atoms. The molecule has 8 heteroatoms. The van der Waals surface area contributed by atoms with Crippen LogP contribution in [0, 0.1) is 0 Å². The Balaban J connectivity index is 1.78. The number of carbonyl (C=O) groups is 1. The van der Waals surface area contributed by atoms with Gasteiger partial charge in [-0.25, -0.2) is 0 Å². The highest BCUT2D eigenvalue weighted by Crippen LogP contribution is 2.30. The number of carbonyl (C=O) groups excluding carboxylic acids is 1. The zero-order valence-corrected chi connectivity index (χ0v) is 12.8. The summed E-state index contributed by atoms with van der Waals surface area (Å²) < 4.78 is 2.65. The predicted molar refractivity (Wildman–Crippen MR) is 80.8 cm³/mol. The number of aromatic nitrogens is 4. The third kappa shape index (κ3) is 2.66. The monoisotopic (exact) mass is 351 g/mol. The number of hydrogen-bond acceptors (Lipinski definition) is 4. The van der Waals surface area contributed by atoms with E-state index in [1.54, 1.807) is 41.4 Å². The second-order valence-electron chi connectivity index (χ2n) is 4.10. The Morgan fingerprint density at radius 2 is 2.30 bits per heavy atom. The van der Waals surface area contributed by atoms with Gasteiger partial charge in [-0.05, 0) is 34.1 Å². The molecule has 0 aliphatic heterocycles. The summed E-state index contributed by atoms with van der Waals surface area (Å²) in [7, 11) is 1.79. The fourth-order valence-electron chi connectivity index (χ4n) is 1.69. The molecule has 0 saturated carbocycles. The Labute approximate surface area is 126 Å². The van der Waals surface area contributed by atoms with E-state index in [1.807, 2.05) is 12.1 Å². The largest absolute Gasteiger partial charge is 0.304 e. The molecule has 0 fully saturated rings. The van der Waals surface area contributed by atoms with E-state index < -0.39 is 0 Å². The van der Waals surface area contributed by atoms with E-state index in [0.29, 0.717) is 11.5 Å². The van der Waals surface area contributed by atoms with Gasteiger partial charge in [-0.2, -0.15) is 10.2 Å². The molecule has 0 aliphatic rings. The van der Waals surface area contributed by atoms with Crippen LogP contribution in [0.5, 0.6) is 0 Å². The number of thiophene rings is 1. The summed E-state index contributed by atoms with van der Waals surface area (Å²) in [4.78, 5) is 13.0. The van der Waals surface area contributed by atoms with Gasteiger partial charge in [0.2, 0.25) is 0 Å². The van der Waals surface area contributed by atoms with E-state index >= 15 is 0 Å². The van der Waals surface area contributed by atoms with E-state index in [0.717, 1.165) is 14.4 Å². The van der Waals surface area contributed by atoms with E-state index in [-0.39, 0.29) is 5.91 Å². The van der Waals surface area contributed by atoms with Crippen molar-refractivity contribution in [3.8, 4) is 10.6 Å². The van der Waals surface area contributed by atoms with Crippen LogP contribution in [0.15, 0.2) is 34.2 Å². The van der Waals surface area contributed by atoms with Gasteiger partial charge in [0, 0.05) is 19.3 Å². The number of halogens is 1. The van der Waals surface area contributed by atoms with Gasteiger partial charge >= 0.3 is 0 Å². The number of aromatic amines is 1. The molecule has 0 atom stereocenters. The Morgan fingerprint density at radius 1 is 1.45 bits per heavy atom. The van der Waals surface area contributed by atoms with Crippen molar-refractivity contribution in [2.24, 2.45) is 7.05 Å². The Kier molecular flexibility index (Phi) is 3.41. The van der Waals surface area contributed by atoms with Crippen LogP contribution in [0.1, 0.15) is 10.5 Å². The molecule has 0 spiro atoms. The van der Waals surface area contributed by atoms with Crippen LogP contribution in [0.25, 0.3) is 10.6 Å². The summed E-state index contributed by atoms with van der Waals surface area (Å²) in [5, 5.41) is 13.7. The number of nitrogens with one attached hydrogen (secondary N) is 2. The van der Waals surface area contributed by atoms with Crippen molar-refractivity contribution in [2.45, 2.75) is 0 Å². The van der Waals surface area contributed by atoms with E-state index in [2.05, 4.69) is 36.5 Å². The molecule has 0 aromatic carbocycles. The lowest BCUT2D eigenvalue weighted by Gasteiger charge is -1.97. The average Bonchev–Trinajstić information content (AvgIpc) is 3.10. The van der Waals surface area contributed by atoms with E-state index in [9.17, 15) is 4.79 Å².